The minimum absolute atomic E-state index is 0.0545. The summed E-state index contributed by atoms with van der Waals surface area (Å²) in [6, 6.07) is 25.0. The van der Waals surface area contributed by atoms with Gasteiger partial charge in [0, 0.05) is 53.1 Å². The van der Waals surface area contributed by atoms with Gasteiger partial charge in [0.2, 0.25) is 4.80 Å². The highest BCUT2D eigenvalue weighted by Crippen LogP contribution is 2.46. The normalized spacial score (nSPS) is 16.0. The van der Waals surface area contributed by atoms with Crippen LogP contribution in [0.25, 0.3) is 11.3 Å². The molecular weight excluding hydrogens is 482 g/mol. The molecule has 0 aliphatic carbocycles. The summed E-state index contributed by atoms with van der Waals surface area (Å²) in [5.41, 5.74) is 6.29. The van der Waals surface area contributed by atoms with Gasteiger partial charge < -0.3 is 4.90 Å². The molecule has 0 bridgehead atoms. The van der Waals surface area contributed by atoms with Crippen molar-refractivity contribution in [3.05, 3.63) is 122 Å². The van der Waals surface area contributed by atoms with Crippen molar-refractivity contribution in [3.8, 4) is 11.3 Å². The van der Waals surface area contributed by atoms with Crippen molar-refractivity contribution in [1.82, 2.24) is 4.68 Å². The number of thiazole rings is 1. The lowest BCUT2D eigenvalue weighted by Gasteiger charge is -2.23. The van der Waals surface area contributed by atoms with Crippen molar-refractivity contribution < 1.29 is 4.92 Å². The van der Waals surface area contributed by atoms with Crippen LogP contribution in [0.5, 0.6) is 0 Å². The summed E-state index contributed by atoms with van der Waals surface area (Å²) in [7, 11) is 2.08. The molecule has 5 rings (SSSR count). The second-order valence-corrected chi connectivity index (χ2v) is 10.2. The number of fused-ring (bicyclic) bond motifs is 1. The van der Waals surface area contributed by atoms with Crippen molar-refractivity contribution in [1.29, 1.82) is 0 Å². The van der Waals surface area contributed by atoms with Gasteiger partial charge >= 0.3 is 0 Å². The zero-order valence-electron chi connectivity index (χ0n) is 20.9. The van der Waals surface area contributed by atoms with Crippen LogP contribution in [0.3, 0.4) is 0 Å². The fourth-order valence-electron chi connectivity index (χ4n) is 4.69. The van der Waals surface area contributed by atoms with Crippen molar-refractivity contribution in [2.45, 2.75) is 25.8 Å². The Labute approximate surface area is 219 Å². The first kappa shape index (κ1) is 24.4. The van der Waals surface area contributed by atoms with Gasteiger partial charge in [0.25, 0.3) is 5.69 Å². The first-order valence-electron chi connectivity index (χ1n) is 11.9. The van der Waals surface area contributed by atoms with Crippen LogP contribution < -0.4 is 9.70 Å². The van der Waals surface area contributed by atoms with Crippen LogP contribution in [0.15, 0.2) is 106 Å². The minimum Gasteiger partial charge on any atom is -0.347 e. The lowest BCUT2D eigenvalue weighted by molar-refractivity contribution is -0.384. The fraction of sp³-hybridized carbons (Fsp3) is 0.172. The molecule has 0 radical (unpaired) electrons. The van der Waals surface area contributed by atoms with E-state index in [1.807, 2.05) is 48.0 Å². The average molecular weight is 510 g/mol. The molecule has 0 saturated heterocycles. The highest BCUT2D eigenvalue weighted by atomic mass is 32.1. The summed E-state index contributed by atoms with van der Waals surface area (Å²) in [4.78, 5) is 18.5. The number of nitro benzene ring substituents is 1. The minimum atomic E-state index is -0.395. The van der Waals surface area contributed by atoms with Gasteiger partial charge in [-0.1, -0.05) is 62.4 Å². The number of aromatic nitrogens is 1. The van der Waals surface area contributed by atoms with Crippen molar-refractivity contribution >= 4 is 28.9 Å². The number of anilines is 1. The van der Waals surface area contributed by atoms with Crippen LogP contribution in [-0.2, 0) is 12.0 Å². The predicted octanol–water partition coefficient (Wildman–Crippen LogP) is 6.37. The number of hydrogen-bond acceptors (Lipinski definition) is 6. The molecule has 0 saturated carbocycles. The number of benzene rings is 3. The van der Waals surface area contributed by atoms with Crippen molar-refractivity contribution in [2.75, 3.05) is 11.9 Å². The van der Waals surface area contributed by atoms with E-state index in [-0.39, 0.29) is 11.1 Å². The molecular formula is C29H27N5O2S. The lowest BCUT2D eigenvalue weighted by atomic mass is 9.84. The molecule has 8 heteroatoms. The van der Waals surface area contributed by atoms with Gasteiger partial charge in [-0.2, -0.15) is 5.10 Å². The number of allylic oxidation sites excluding steroid dienone is 2. The van der Waals surface area contributed by atoms with E-state index in [0.29, 0.717) is 6.54 Å². The van der Waals surface area contributed by atoms with Gasteiger partial charge in [-0.05, 0) is 35.4 Å². The fourth-order valence-corrected chi connectivity index (χ4v) is 5.52. The first-order chi connectivity index (χ1) is 17.9. The molecule has 0 amide bonds. The maximum atomic E-state index is 11.1. The predicted molar refractivity (Wildman–Crippen MR) is 150 cm³/mol. The van der Waals surface area contributed by atoms with Crippen LogP contribution in [-0.4, -0.2) is 22.9 Å². The molecule has 4 aromatic rings. The number of nitrogens with zero attached hydrogens (tertiary/aromatic N) is 5. The lowest BCUT2D eigenvalue weighted by Crippen LogP contribution is -2.23. The van der Waals surface area contributed by atoms with E-state index in [4.69, 9.17) is 10.1 Å². The zero-order valence-corrected chi connectivity index (χ0v) is 21.7. The Balaban J connectivity index is 1.54. The zero-order chi connectivity index (χ0) is 26.0. The summed E-state index contributed by atoms with van der Waals surface area (Å²) >= 11 is 1.49. The van der Waals surface area contributed by atoms with Gasteiger partial charge in [0.05, 0.1) is 17.2 Å². The SMILES string of the molecule is CN1C(=CC=Nn2c(-c3ccc([N+](=O)[O-])cc3)csc2=NCc2ccccc2)C(C)(C)c2ccccc21. The number of non-ortho nitro benzene ring substituents is 1. The van der Waals surface area contributed by atoms with Crippen LogP contribution >= 0.6 is 11.3 Å². The highest BCUT2D eigenvalue weighted by molar-refractivity contribution is 7.07. The molecule has 0 fully saturated rings. The van der Waals surface area contributed by atoms with Crippen molar-refractivity contribution in [3.63, 3.8) is 0 Å². The number of likely N-dealkylation sites (N-methyl/N-ethyl adjacent to an activating group) is 1. The van der Waals surface area contributed by atoms with Crippen LogP contribution in [0, 0.1) is 10.1 Å². The number of para-hydroxylation sites is 1. The summed E-state index contributed by atoms with van der Waals surface area (Å²) in [5, 5.41) is 17.9. The Morgan fingerprint density at radius 2 is 1.70 bits per heavy atom. The summed E-state index contributed by atoms with van der Waals surface area (Å²) in [5.74, 6) is 0. The Kier molecular flexibility index (Phi) is 6.58. The molecule has 0 atom stereocenters. The topological polar surface area (TPSA) is 76.0 Å². The molecule has 1 aromatic heterocycles. The average Bonchev–Trinajstić information content (AvgIpc) is 3.40. The molecule has 37 heavy (non-hydrogen) atoms. The summed E-state index contributed by atoms with van der Waals surface area (Å²) < 4.78 is 1.81. The third-order valence-electron chi connectivity index (χ3n) is 6.65. The van der Waals surface area contributed by atoms with E-state index < -0.39 is 4.92 Å². The van der Waals surface area contributed by atoms with Gasteiger partial charge in [-0.25, -0.2) is 4.68 Å². The molecule has 3 aromatic carbocycles. The Bertz CT molecular complexity index is 1560. The quantitative estimate of drug-likeness (QED) is 0.172. The van der Waals surface area contributed by atoms with Crippen LogP contribution in [0.1, 0.15) is 25.0 Å². The number of hydrogen-bond donors (Lipinski definition) is 0. The third-order valence-corrected chi connectivity index (χ3v) is 7.51. The molecule has 2 heterocycles. The standard InChI is InChI=1S/C29H27N5O2S/c1-29(2)24-11-7-8-12-25(24)32(3)27(29)17-18-31-33-26(22-13-15-23(16-14-22)34(35)36)20-37-28(33)30-19-21-9-5-4-6-10-21/h4-18,20H,19H2,1-3H3. The molecule has 0 unspecified atom stereocenters. The second-order valence-electron chi connectivity index (χ2n) is 9.34. The monoisotopic (exact) mass is 509 g/mol. The third kappa shape index (κ3) is 4.75. The second kappa shape index (κ2) is 9.99. The molecule has 7 nitrogen and oxygen atoms in total. The Morgan fingerprint density at radius 3 is 2.41 bits per heavy atom. The van der Waals surface area contributed by atoms with E-state index in [1.54, 1.807) is 16.8 Å². The summed E-state index contributed by atoms with van der Waals surface area (Å²) in [6.07, 6.45) is 3.86. The highest BCUT2D eigenvalue weighted by Gasteiger charge is 2.37. The van der Waals surface area contributed by atoms with E-state index in [2.05, 4.69) is 50.1 Å². The smallest absolute Gasteiger partial charge is 0.269 e. The Hall–Kier alpha value is -4.30. The Morgan fingerprint density at radius 1 is 1.00 bits per heavy atom. The molecule has 186 valence electrons. The number of nitro groups is 1. The van der Waals surface area contributed by atoms with Gasteiger partial charge in [0.1, 0.15) is 0 Å². The van der Waals surface area contributed by atoms with Gasteiger partial charge in [0.15, 0.2) is 0 Å². The van der Waals surface area contributed by atoms with E-state index in [1.165, 1.54) is 34.7 Å². The van der Waals surface area contributed by atoms with E-state index in [9.17, 15) is 10.1 Å². The van der Waals surface area contributed by atoms with Gasteiger partial charge in [-0.3, -0.25) is 15.1 Å². The van der Waals surface area contributed by atoms with E-state index >= 15 is 0 Å². The number of rotatable bonds is 6. The maximum Gasteiger partial charge on any atom is 0.269 e. The maximum absolute atomic E-state index is 11.1. The largest absolute Gasteiger partial charge is 0.347 e. The summed E-state index contributed by atoms with van der Waals surface area (Å²) in [6.45, 7) is 4.97. The molecule has 0 N–H and O–H groups in total. The van der Waals surface area contributed by atoms with Crippen LogP contribution in [0.4, 0.5) is 11.4 Å². The first-order valence-corrected chi connectivity index (χ1v) is 12.8. The molecule has 1 aliphatic rings. The van der Waals surface area contributed by atoms with Gasteiger partial charge in [-0.15, -0.1) is 11.3 Å². The van der Waals surface area contributed by atoms with Crippen LogP contribution in [0.2, 0.25) is 0 Å². The molecule has 1 aliphatic heterocycles. The van der Waals surface area contributed by atoms with Crippen molar-refractivity contribution in [2.24, 2.45) is 10.1 Å². The molecule has 0 spiro atoms. The van der Waals surface area contributed by atoms with E-state index in [0.717, 1.165) is 27.3 Å².